The molecule has 0 radical (unpaired) electrons. The lowest BCUT2D eigenvalue weighted by molar-refractivity contribution is -0.700. The first-order valence-corrected chi connectivity index (χ1v) is 3.76. The molecule has 0 atom stereocenters. The smallest absolute Gasteiger partial charge is 0.176 e. The van der Waals surface area contributed by atoms with E-state index in [0.29, 0.717) is 5.92 Å². The highest BCUT2D eigenvalue weighted by Crippen LogP contribution is 2.10. The second kappa shape index (κ2) is 2.99. The van der Waals surface area contributed by atoms with Gasteiger partial charge >= 0.3 is 5.95 Å². The summed E-state index contributed by atoms with van der Waals surface area (Å²) in [6, 6.07) is 3.31. The Morgan fingerprint density at radius 3 is 2.45 bits per heavy atom. The molecule has 0 saturated carbocycles. The van der Waals surface area contributed by atoms with Crippen LogP contribution in [-0.2, 0) is 7.05 Å². The molecule has 1 aromatic rings. The van der Waals surface area contributed by atoms with Crippen molar-refractivity contribution in [1.29, 1.82) is 0 Å². The van der Waals surface area contributed by atoms with E-state index in [-0.39, 0.29) is 5.95 Å². The number of hydrogen-bond acceptors (Lipinski definition) is 0. The average Bonchev–Trinajstić information content (AvgIpc) is 1.94. The molecule has 2 heteroatoms. The van der Waals surface area contributed by atoms with E-state index in [1.165, 1.54) is 10.6 Å². The van der Waals surface area contributed by atoms with Gasteiger partial charge in [-0.05, 0) is 12.0 Å². The summed E-state index contributed by atoms with van der Waals surface area (Å²) in [6.45, 7) is 4.18. The van der Waals surface area contributed by atoms with Crippen molar-refractivity contribution in [1.82, 2.24) is 0 Å². The van der Waals surface area contributed by atoms with E-state index in [4.69, 9.17) is 0 Å². The van der Waals surface area contributed by atoms with Crippen molar-refractivity contribution >= 4 is 0 Å². The molecule has 1 aromatic heterocycles. The van der Waals surface area contributed by atoms with Gasteiger partial charge in [0.25, 0.3) is 0 Å². The van der Waals surface area contributed by atoms with Crippen LogP contribution >= 0.6 is 0 Å². The van der Waals surface area contributed by atoms with Crippen molar-refractivity contribution in [3.63, 3.8) is 0 Å². The van der Waals surface area contributed by atoms with Gasteiger partial charge in [-0.2, -0.15) is 4.57 Å². The Labute approximate surface area is 66.5 Å². The largest absolute Gasteiger partial charge is 0.359 e. The lowest BCUT2D eigenvalue weighted by atomic mass is 10.1. The molecule has 0 aromatic carbocycles. The van der Waals surface area contributed by atoms with Crippen LogP contribution in [-0.4, -0.2) is 0 Å². The van der Waals surface area contributed by atoms with Gasteiger partial charge < -0.3 is 0 Å². The Hall–Kier alpha value is -0.920. The second-order valence-corrected chi connectivity index (χ2v) is 3.05. The lowest BCUT2D eigenvalue weighted by Gasteiger charge is -2.01. The van der Waals surface area contributed by atoms with Crippen LogP contribution < -0.4 is 4.57 Å². The van der Waals surface area contributed by atoms with Crippen molar-refractivity contribution in [3.05, 3.63) is 29.8 Å². The molecule has 1 heterocycles. The van der Waals surface area contributed by atoms with E-state index in [9.17, 15) is 4.39 Å². The first-order chi connectivity index (χ1) is 5.11. The molecule has 0 bridgehead atoms. The zero-order chi connectivity index (χ0) is 8.43. The minimum Gasteiger partial charge on any atom is -0.176 e. The first kappa shape index (κ1) is 8.18. The third-order valence-electron chi connectivity index (χ3n) is 1.76. The zero-order valence-corrected chi connectivity index (χ0v) is 7.13. The second-order valence-electron chi connectivity index (χ2n) is 3.05. The molecule has 0 unspecified atom stereocenters. The average molecular weight is 154 g/mol. The zero-order valence-electron chi connectivity index (χ0n) is 7.13. The number of hydrogen-bond donors (Lipinski definition) is 0. The minimum absolute atomic E-state index is 0.200. The van der Waals surface area contributed by atoms with Crippen molar-refractivity contribution < 1.29 is 8.96 Å². The molecule has 0 N–H and O–H groups in total. The fraction of sp³-hybridized carbons (Fsp3) is 0.444. The molecule has 0 aliphatic heterocycles. The SMILES string of the molecule is CC(C)c1ccc(F)[n+](C)c1. The monoisotopic (exact) mass is 154 g/mol. The fourth-order valence-corrected chi connectivity index (χ4v) is 0.952. The molecule has 0 spiro atoms. The Morgan fingerprint density at radius 1 is 1.36 bits per heavy atom. The van der Waals surface area contributed by atoms with Gasteiger partial charge in [-0.25, -0.2) is 0 Å². The van der Waals surface area contributed by atoms with Crippen molar-refractivity contribution in [2.45, 2.75) is 19.8 Å². The maximum absolute atomic E-state index is 12.7. The van der Waals surface area contributed by atoms with Crippen LogP contribution in [0.25, 0.3) is 0 Å². The van der Waals surface area contributed by atoms with Crippen molar-refractivity contribution in [2.24, 2.45) is 7.05 Å². The number of aromatic nitrogens is 1. The number of pyridine rings is 1. The number of rotatable bonds is 1. The highest BCUT2D eigenvalue weighted by molar-refractivity contribution is 5.09. The number of aryl methyl sites for hydroxylation is 1. The van der Waals surface area contributed by atoms with Gasteiger partial charge in [0.2, 0.25) is 0 Å². The molecule has 1 nitrogen and oxygen atoms in total. The lowest BCUT2D eigenvalue weighted by Crippen LogP contribution is -2.32. The van der Waals surface area contributed by atoms with E-state index >= 15 is 0 Å². The van der Waals surface area contributed by atoms with Gasteiger partial charge in [0, 0.05) is 11.6 Å². The summed E-state index contributed by atoms with van der Waals surface area (Å²) in [5.41, 5.74) is 1.16. The third kappa shape index (κ3) is 1.76. The highest BCUT2D eigenvalue weighted by Gasteiger charge is 2.07. The predicted octanol–water partition coefficient (Wildman–Crippen LogP) is 1.77. The fourth-order valence-electron chi connectivity index (χ4n) is 0.952. The molecule has 0 saturated heterocycles. The molecule has 60 valence electrons. The Balaban J connectivity index is 3.05. The molecule has 0 aliphatic carbocycles. The summed E-state index contributed by atoms with van der Waals surface area (Å²) in [5, 5.41) is 0. The van der Waals surface area contributed by atoms with E-state index in [0.717, 1.165) is 5.56 Å². The highest BCUT2D eigenvalue weighted by atomic mass is 19.1. The third-order valence-corrected chi connectivity index (χ3v) is 1.76. The molecule has 0 aliphatic rings. The molecule has 0 amide bonds. The van der Waals surface area contributed by atoms with Gasteiger partial charge in [-0.15, -0.1) is 4.39 Å². The Morgan fingerprint density at radius 2 is 2.00 bits per heavy atom. The first-order valence-electron chi connectivity index (χ1n) is 3.76. The number of halogens is 1. The summed E-state index contributed by atoms with van der Waals surface area (Å²) in [5.74, 6) is 0.260. The van der Waals surface area contributed by atoms with Gasteiger partial charge in [0.05, 0.1) is 0 Å². The predicted molar refractivity (Wildman–Crippen MR) is 41.7 cm³/mol. The van der Waals surface area contributed by atoms with Crippen LogP contribution in [0.2, 0.25) is 0 Å². The Kier molecular flexibility index (Phi) is 2.22. The van der Waals surface area contributed by atoms with Crippen LogP contribution in [0, 0.1) is 5.95 Å². The van der Waals surface area contributed by atoms with Gasteiger partial charge in [0.15, 0.2) is 6.20 Å². The minimum atomic E-state index is -0.200. The molecule has 11 heavy (non-hydrogen) atoms. The maximum Gasteiger partial charge on any atom is 0.359 e. The van der Waals surface area contributed by atoms with Crippen molar-refractivity contribution in [2.75, 3.05) is 0 Å². The molecule has 0 fully saturated rings. The normalized spacial score (nSPS) is 10.6. The van der Waals surface area contributed by atoms with E-state index in [2.05, 4.69) is 13.8 Å². The molecular formula is C9H13FN+. The molecule has 1 rings (SSSR count). The quantitative estimate of drug-likeness (QED) is 0.429. The topological polar surface area (TPSA) is 3.88 Å². The summed E-state index contributed by atoms with van der Waals surface area (Å²) in [7, 11) is 1.71. The van der Waals surface area contributed by atoms with Crippen LogP contribution in [0.15, 0.2) is 18.3 Å². The van der Waals surface area contributed by atoms with Gasteiger partial charge in [-0.3, -0.25) is 0 Å². The summed E-state index contributed by atoms with van der Waals surface area (Å²) < 4.78 is 14.2. The number of nitrogens with zero attached hydrogens (tertiary/aromatic N) is 1. The Bertz CT molecular complexity index is 256. The molecular weight excluding hydrogens is 141 g/mol. The van der Waals surface area contributed by atoms with Crippen molar-refractivity contribution in [3.8, 4) is 0 Å². The van der Waals surface area contributed by atoms with Crippen LogP contribution in [0.3, 0.4) is 0 Å². The summed E-state index contributed by atoms with van der Waals surface area (Å²) in [6.07, 6.45) is 1.82. The standard InChI is InChI=1S/C9H13FN/c1-7(2)8-4-5-9(10)11(3)6-8/h4-7H,1-3H3/q+1. The van der Waals surface area contributed by atoms with Crippen LogP contribution in [0.5, 0.6) is 0 Å². The summed E-state index contributed by atoms with van der Waals surface area (Å²) in [4.78, 5) is 0. The van der Waals surface area contributed by atoms with E-state index < -0.39 is 0 Å². The van der Waals surface area contributed by atoms with E-state index in [1.54, 1.807) is 7.05 Å². The van der Waals surface area contributed by atoms with Crippen LogP contribution in [0.4, 0.5) is 4.39 Å². The van der Waals surface area contributed by atoms with Gasteiger partial charge in [0.1, 0.15) is 7.05 Å². The summed E-state index contributed by atoms with van der Waals surface area (Å²) >= 11 is 0. The maximum atomic E-state index is 12.7. The van der Waals surface area contributed by atoms with E-state index in [1.807, 2.05) is 12.3 Å². The van der Waals surface area contributed by atoms with Gasteiger partial charge in [-0.1, -0.05) is 13.8 Å². The van der Waals surface area contributed by atoms with Crippen LogP contribution in [0.1, 0.15) is 25.3 Å².